The molecule has 2 amide bonds. The van der Waals surface area contributed by atoms with E-state index in [1.165, 1.54) is 0 Å². The third kappa shape index (κ3) is 6.87. The van der Waals surface area contributed by atoms with Crippen LogP contribution >= 0.6 is 0 Å². The largest absolute Gasteiger partial charge is 0.493 e. The van der Waals surface area contributed by atoms with Crippen molar-refractivity contribution in [1.82, 2.24) is 9.88 Å². The van der Waals surface area contributed by atoms with Crippen molar-refractivity contribution in [3.63, 3.8) is 0 Å². The summed E-state index contributed by atoms with van der Waals surface area (Å²) in [6, 6.07) is 11.3. The number of morpholine rings is 1. The standard InChI is InChI=1S/C31H32F2N4O5/c1-19-15-28(20(2)14-25(19)36-31(38)35-24-5-4-21(32)16-23(24)33)42-27-6-7-34-26-18-30(29(39-3)17-22(26)27)41-13-10-37-8-11-40-12-9-37/h4-7,14-18H,8-13H2,1-3H3,(H2,35,36,38). The highest BCUT2D eigenvalue weighted by molar-refractivity contribution is 6.00. The SMILES string of the molecule is COc1cc2c(Oc3cc(C)c(NC(=O)Nc4ccc(F)cc4F)cc3C)ccnc2cc1OCCN1CCOCC1. The number of rotatable bonds is 9. The summed E-state index contributed by atoms with van der Waals surface area (Å²) < 4.78 is 50.5. The Hall–Kier alpha value is -4.48. The molecule has 1 aliphatic heterocycles. The van der Waals surface area contributed by atoms with Crippen molar-refractivity contribution in [2.75, 3.05) is 57.2 Å². The average molecular weight is 579 g/mol. The second-order valence-electron chi connectivity index (χ2n) is 9.87. The van der Waals surface area contributed by atoms with Crippen molar-refractivity contribution in [2.24, 2.45) is 0 Å². The van der Waals surface area contributed by atoms with E-state index in [9.17, 15) is 13.6 Å². The number of nitrogens with zero attached hydrogens (tertiary/aromatic N) is 2. The molecule has 0 saturated carbocycles. The summed E-state index contributed by atoms with van der Waals surface area (Å²) in [5.74, 6) is 0.734. The number of amides is 2. The van der Waals surface area contributed by atoms with E-state index in [1.807, 2.05) is 26.0 Å². The molecular weight excluding hydrogens is 546 g/mol. The van der Waals surface area contributed by atoms with Gasteiger partial charge in [0.1, 0.15) is 29.7 Å². The summed E-state index contributed by atoms with van der Waals surface area (Å²) in [5, 5.41) is 5.84. The Morgan fingerprint density at radius 2 is 1.71 bits per heavy atom. The van der Waals surface area contributed by atoms with Gasteiger partial charge in [-0.2, -0.15) is 0 Å². The van der Waals surface area contributed by atoms with Gasteiger partial charge in [-0.1, -0.05) is 0 Å². The molecule has 42 heavy (non-hydrogen) atoms. The van der Waals surface area contributed by atoms with E-state index in [2.05, 4.69) is 20.5 Å². The number of carbonyl (C=O) groups excluding carboxylic acids is 1. The third-order valence-corrected chi connectivity index (χ3v) is 6.93. The fourth-order valence-corrected chi connectivity index (χ4v) is 4.62. The van der Waals surface area contributed by atoms with Gasteiger partial charge < -0.3 is 29.6 Å². The van der Waals surface area contributed by atoms with Crippen molar-refractivity contribution in [3.8, 4) is 23.0 Å². The van der Waals surface area contributed by atoms with E-state index in [1.54, 1.807) is 31.5 Å². The number of nitrogens with one attached hydrogen (secondary N) is 2. The minimum atomic E-state index is -0.866. The lowest BCUT2D eigenvalue weighted by Gasteiger charge is -2.26. The van der Waals surface area contributed by atoms with Gasteiger partial charge >= 0.3 is 6.03 Å². The number of hydrogen-bond acceptors (Lipinski definition) is 7. The van der Waals surface area contributed by atoms with E-state index in [4.69, 9.17) is 18.9 Å². The molecule has 0 spiro atoms. The molecule has 0 bridgehead atoms. The first kappa shape index (κ1) is 29.0. The lowest BCUT2D eigenvalue weighted by atomic mass is 10.1. The fraction of sp³-hybridized carbons (Fsp3) is 0.290. The molecule has 1 saturated heterocycles. The molecule has 1 aliphatic rings. The number of urea groups is 1. The molecule has 0 atom stereocenters. The molecule has 0 aliphatic carbocycles. The summed E-state index contributed by atoms with van der Waals surface area (Å²) in [5.41, 5.74) is 2.54. The Labute approximate surface area is 242 Å². The van der Waals surface area contributed by atoms with Gasteiger partial charge in [0, 0.05) is 49.0 Å². The van der Waals surface area contributed by atoms with Gasteiger partial charge in [-0.05, 0) is 61.4 Å². The van der Waals surface area contributed by atoms with Gasteiger partial charge in [0.25, 0.3) is 0 Å². The average Bonchev–Trinajstić information content (AvgIpc) is 2.97. The lowest BCUT2D eigenvalue weighted by Crippen LogP contribution is -2.38. The van der Waals surface area contributed by atoms with E-state index in [0.29, 0.717) is 46.9 Å². The van der Waals surface area contributed by atoms with Crippen molar-refractivity contribution in [3.05, 3.63) is 77.5 Å². The van der Waals surface area contributed by atoms with Crippen molar-refractivity contribution in [1.29, 1.82) is 0 Å². The number of anilines is 2. The molecule has 220 valence electrons. The number of benzene rings is 3. The van der Waals surface area contributed by atoms with Crippen LogP contribution in [0.25, 0.3) is 10.9 Å². The Balaban J connectivity index is 1.30. The molecule has 1 aromatic heterocycles. The number of methoxy groups -OCH3 is 1. The molecule has 5 rings (SSSR count). The highest BCUT2D eigenvalue weighted by Gasteiger charge is 2.16. The van der Waals surface area contributed by atoms with Gasteiger partial charge in [0.05, 0.1) is 31.5 Å². The fourth-order valence-electron chi connectivity index (χ4n) is 4.62. The van der Waals surface area contributed by atoms with Crippen LogP contribution in [0.15, 0.2) is 54.7 Å². The number of halogens is 2. The number of hydrogen-bond donors (Lipinski definition) is 2. The highest BCUT2D eigenvalue weighted by Crippen LogP contribution is 2.38. The van der Waals surface area contributed by atoms with Crippen molar-refractivity contribution in [2.45, 2.75) is 13.8 Å². The number of ether oxygens (including phenoxy) is 4. The summed E-state index contributed by atoms with van der Waals surface area (Å²) in [6.45, 7) is 8.20. The first-order chi connectivity index (χ1) is 20.3. The van der Waals surface area contributed by atoms with Crippen LogP contribution in [0.2, 0.25) is 0 Å². The van der Waals surface area contributed by atoms with Gasteiger partial charge in [-0.15, -0.1) is 0 Å². The normalized spacial score (nSPS) is 13.5. The lowest BCUT2D eigenvalue weighted by molar-refractivity contribution is 0.0321. The summed E-state index contributed by atoms with van der Waals surface area (Å²) in [6.07, 6.45) is 1.67. The van der Waals surface area contributed by atoms with E-state index >= 15 is 0 Å². The smallest absolute Gasteiger partial charge is 0.323 e. The zero-order chi connectivity index (χ0) is 29.6. The monoisotopic (exact) mass is 578 g/mol. The third-order valence-electron chi connectivity index (χ3n) is 6.93. The molecule has 1 fully saturated rings. The Morgan fingerprint density at radius 3 is 2.48 bits per heavy atom. The van der Waals surface area contributed by atoms with Crippen LogP contribution in [0.5, 0.6) is 23.0 Å². The molecule has 9 nitrogen and oxygen atoms in total. The maximum absolute atomic E-state index is 13.9. The quantitative estimate of drug-likeness (QED) is 0.241. The predicted molar refractivity (Wildman–Crippen MR) is 156 cm³/mol. The van der Waals surface area contributed by atoms with Crippen LogP contribution in [0.1, 0.15) is 11.1 Å². The molecular formula is C31H32F2N4O5. The highest BCUT2D eigenvalue weighted by atomic mass is 19.1. The molecule has 2 heterocycles. The molecule has 2 N–H and O–H groups in total. The summed E-state index contributed by atoms with van der Waals surface area (Å²) in [7, 11) is 1.59. The molecule has 0 unspecified atom stereocenters. The summed E-state index contributed by atoms with van der Waals surface area (Å²) in [4.78, 5) is 19.3. The molecule has 0 radical (unpaired) electrons. The number of pyridine rings is 1. The topological polar surface area (TPSA) is 94.2 Å². The Kier molecular flexibility index (Phi) is 8.99. The van der Waals surface area contributed by atoms with Crippen LogP contribution in [0.3, 0.4) is 0 Å². The second kappa shape index (κ2) is 13.0. The van der Waals surface area contributed by atoms with Crippen LogP contribution in [-0.2, 0) is 4.74 Å². The molecule has 11 heteroatoms. The minimum Gasteiger partial charge on any atom is -0.493 e. The zero-order valence-corrected chi connectivity index (χ0v) is 23.6. The molecule has 4 aromatic rings. The van der Waals surface area contributed by atoms with Crippen molar-refractivity contribution < 1.29 is 32.5 Å². The van der Waals surface area contributed by atoms with Crippen molar-refractivity contribution >= 4 is 28.3 Å². The predicted octanol–water partition coefficient (Wildman–Crippen LogP) is 6.29. The first-order valence-electron chi connectivity index (χ1n) is 13.5. The van der Waals surface area contributed by atoms with E-state index in [0.717, 1.165) is 61.5 Å². The van der Waals surface area contributed by atoms with Gasteiger partial charge in [-0.25, -0.2) is 13.6 Å². The van der Waals surface area contributed by atoms with Gasteiger partial charge in [-0.3, -0.25) is 9.88 Å². The number of carbonyl (C=O) groups is 1. The number of aryl methyl sites for hydroxylation is 2. The van der Waals surface area contributed by atoms with Crippen LogP contribution in [-0.4, -0.2) is 62.5 Å². The van der Waals surface area contributed by atoms with Gasteiger partial charge in [0.2, 0.25) is 0 Å². The first-order valence-corrected chi connectivity index (χ1v) is 13.5. The number of aromatic nitrogens is 1. The van der Waals surface area contributed by atoms with Crippen LogP contribution in [0, 0.1) is 25.5 Å². The second-order valence-corrected chi connectivity index (χ2v) is 9.87. The Morgan fingerprint density at radius 1 is 0.929 bits per heavy atom. The van der Waals surface area contributed by atoms with Crippen LogP contribution < -0.4 is 24.8 Å². The van der Waals surface area contributed by atoms with Crippen LogP contribution in [0.4, 0.5) is 25.0 Å². The number of fused-ring (bicyclic) bond motifs is 1. The summed E-state index contributed by atoms with van der Waals surface area (Å²) >= 11 is 0. The van der Waals surface area contributed by atoms with E-state index in [-0.39, 0.29) is 5.69 Å². The molecule has 3 aromatic carbocycles. The minimum absolute atomic E-state index is 0.131. The zero-order valence-electron chi connectivity index (χ0n) is 23.6. The van der Waals surface area contributed by atoms with E-state index < -0.39 is 17.7 Å². The van der Waals surface area contributed by atoms with Gasteiger partial charge in [0.15, 0.2) is 11.5 Å². The Bertz CT molecular complexity index is 1590. The maximum atomic E-state index is 13.9. The maximum Gasteiger partial charge on any atom is 0.323 e.